The van der Waals surface area contributed by atoms with Crippen LogP contribution < -0.4 is 14.4 Å². The van der Waals surface area contributed by atoms with Crippen molar-refractivity contribution in [3.63, 3.8) is 0 Å². The number of ether oxygens (including phenoxy) is 2. The van der Waals surface area contributed by atoms with E-state index in [0.29, 0.717) is 12.3 Å². The Morgan fingerprint density at radius 1 is 1.03 bits per heavy atom. The molecule has 0 fully saturated rings. The van der Waals surface area contributed by atoms with E-state index < -0.39 is 4.92 Å². The van der Waals surface area contributed by atoms with Gasteiger partial charge in [-0.3, -0.25) is 14.9 Å². The quantitative estimate of drug-likeness (QED) is 0.406. The Morgan fingerprint density at radius 2 is 1.80 bits per heavy atom. The third kappa shape index (κ3) is 5.14. The van der Waals surface area contributed by atoms with E-state index in [1.54, 1.807) is 11.0 Å². The molecule has 0 atom stereocenters. The zero-order valence-corrected chi connectivity index (χ0v) is 16.8. The van der Waals surface area contributed by atoms with Crippen molar-refractivity contribution >= 4 is 17.3 Å². The van der Waals surface area contributed by atoms with E-state index in [4.69, 9.17) is 9.47 Å². The molecule has 0 bridgehead atoms. The molecule has 3 aromatic rings. The molecule has 0 saturated heterocycles. The minimum Gasteiger partial charge on any atom is -0.496 e. The second kappa shape index (κ2) is 9.56. The smallest absolute Gasteiger partial charge is 0.314 e. The van der Waals surface area contributed by atoms with Gasteiger partial charge in [-0.1, -0.05) is 42.5 Å². The molecule has 0 spiro atoms. The van der Waals surface area contributed by atoms with Gasteiger partial charge in [0.25, 0.3) is 5.91 Å². The van der Waals surface area contributed by atoms with Crippen LogP contribution in [0.2, 0.25) is 0 Å². The number of nitrogens with zero attached hydrogens (tertiary/aromatic N) is 2. The van der Waals surface area contributed by atoms with Crippen LogP contribution in [0.1, 0.15) is 11.1 Å². The van der Waals surface area contributed by atoms with Gasteiger partial charge in [0.1, 0.15) is 5.75 Å². The number of benzene rings is 3. The third-order valence-corrected chi connectivity index (χ3v) is 4.51. The number of aryl methyl sites for hydroxylation is 1. The number of carbonyl (C=O) groups excluding carboxylic acids is 1. The van der Waals surface area contributed by atoms with Gasteiger partial charge in [0, 0.05) is 5.69 Å². The van der Waals surface area contributed by atoms with E-state index >= 15 is 0 Å². The lowest BCUT2D eigenvalue weighted by atomic mass is 10.1. The van der Waals surface area contributed by atoms with Gasteiger partial charge >= 0.3 is 5.69 Å². The molecule has 1 amide bonds. The summed E-state index contributed by atoms with van der Waals surface area (Å²) in [6, 6.07) is 21.4. The molecule has 7 heteroatoms. The van der Waals surface area contributed by atoms with Crippen molar-refractivity contribution in [2.24, 2.45) is 0 Å². The van der Waals surface area contributed by atoms with Crippen LogP contribution in [0.15, 0.2) is 72.8 Å². The summed E-state index contributed by atoms with van der Waals surface area (Å²) in [5, 5.41) is 11.3. The maximum Gasteiger partial charge on any atom is 0.314 e. The number of carbonyl (C=O) groups is 1. The lowest BCUT2D eigenvalue weighted by Gasteiger charge is -2.23. The topological polar surface area (TPSA) is 81.9 Å². The fourth-order valence-corrected chi connectivity index (χ4v) is 2.99. The zero-order valence-electron chi connectivity index (χ0n) is 16.8. The fraction of sp³-hybridized carbons (Fsp3) is 0.174. The van der Waals surface area contributed by atoms with Gasteiger partial charge in [0.2, 0.25) is 0 Å². The largest absolute Gasteiger partial charge is 0.496 e. The second-order valence-electron chi connectivity index (χ2n) is 6.68. The van der Waals surface area contributed by atoms with Crippen molar-refractivity contribution in [3.8, 4) is 11.5 Å². The minimum atomic E-state index is -0.565. The summed E-state index contributed by atoms with van der Waals surface area (Å²) >= 11 is 0. The SMILES string of the molecule is COc1ccc(OCC(=O)N(Cc2ccccc2)c2cccc(C)c2)c([N+](=O)[O-])c1. The van der Waals surface area contributed by atoms with Crippen molar-refractivity contribution in [2.45, 2.75) is 13.5 Å². The standard InChI is InChI=1S/C23H22N2O5/c1-17-7-6-10-19(13-17)24(15-18-8-4-3-5-9-18)23(26)16-30-22-12-11-20(29-2)14-21(22)25(27)28/h3-14H,15-16H2,1-2H3. The van der Waals surface area contributed by atoms with Crippen LogP contribution in [-0.2, 0) is 11.3 Å². The van der Waals surface area contributed by atoms with Gasteiger partial charge in [0.15, 0.2) is 12.4 Å². The van der Waals surface area contributed by atoms with E-state index in [9.17, 15) is 14.9 Å². The number of nitro groups is 1. The summed E-state index contributed by atoms with van der Waals surface area (Å²) in [5.41, 5.74) is 2.46. The van der Waals surface area contributed by atoms with Crippen molar-refractivity contribution in [1.29, 1.82) is 0 Å². The van der Waals surface area contributed by atoms with Crippen LogP contribution in [-0.4, -0.2) is 24.5 Å². The molecule has 0 aliphatic heterocycles. The Morgan fingerprint density at radius 3 is 2.47 bits per heavy atom. The molecule has 0 aliphatic rings. The summed E-state index contributed by atoms with van der Waals surface area (Å²) in [7, 11) is 1.42. The van der Waals surface area contributed by atoms with E-state index in [1.807, 2.05) is 61.5 Å². The molecule has 0 aliphatic carbocycles. The Hall–Kier alpha value is -3.87. The highest BCUT2D eigenvalue weighted by Crippen LogP contribution is 2.31. The number of rotatable bonds is 8. The molecule has 0 aromatic heterocycles. The number of anilines is 1. The van der Waals surface area contributed by atoms with Gasteiger partial charge in [-0.15, -0.1) is 0 Å². The highest BCUT2D eigenvalue weighted by Gasteiger charge is 2.21. The molecule has 30 heavy (non-hydrogen) atoms. The van der Waals surface area contributed by atoms with Gasteiger partial charge in [0.05, 0.1) is 24.6 Å². The number of amides is 1. The van der Waals surface area contributed by atoms with Crippen LogP contribution >= 0.6 is 0 Å². The molecular weight excluding hydrogens is 384 g/mol. The predicted octanol–water partition coefficient (Wildman–Crippen LogP) is 4.52. The molecule has 0 radical (unpaired) electrons. The van der Waals surface area contributed by atoms with E-state index in [1.165, 1.54) is 19.2 Å². The first-order chi connectivity index (χ1) is 14.5. The summed E-state index contributed by atoms with van der Waals surface area (Å²) < 4.78 is 10.6. The highest BCUT2D eigenvalue weighted by atomic mass is 16.6. The first-order valence-corrected chi connectivity index (χ1v) is 9.34. The van der Waals surface area contributed by atoms with Crippen molar-refractivity contribution in [3.05, 3.63) is 94.0 Å². The lowest BCUT2D eigenvalue weighted by molar-refractivity contribution is -0.385. The van der Waals surface area contributed by atoms with Crippen molar-refractivity contribution in [1.82, 2.24) is 0 Å². The minimum absolute atomic E-state index is 0.0121. The molecule has 154 valence electrons. The Labute approximate surface area is 174 Å². The average Bonchev–Trinajstić information content (AvgIpc) is 2.76. The summed E-state index contributed by atoms with van der Waals surface area (Å²) in [6.07, 6.45) is 0. The zero-order chi connectivity index (χ0) is 21.5. The fourth-order valence-electron chi connectivity index (χ4n) is 2.99. The number of methoxy groups -OCH3 is 1. The van der Waals surface area contributed by atoms with Crippen molar-refractivity contribution in [2.75, 3.05) is 18.6 Å². The van der Waals surface area contributed by atoms with Crippen LogP contribution in [0.5, 0.6) is 11.5 Å². The summed E-state index contributed by atoms with van der Waals surface area (Å²) in [6.45, 7) is 1.97. The van der Waals surface area contributed by atoms with Gasteiger partial charge in [-0.05, 0) is 42.3 Å². The predicted molar refractivity (Wildman–Crippen MR) is 114 cm³/mol. The maximum absolute atomic E-state index is 13.0. The molecule has 3 aromatic carbocycles. The van der Waals surface area contributed by atoms with Crippen LogP contribution in [0.3, 0.4) is 0 Å². The number of nitro benzene ring substituents is 1. The normalized spacial score (nSPS) is 10.3. The number of hydrogen-bond acceptors (Lipinski definition) is 5. The first-order valence-electron chi connectivity index (χ1n) is 9.34. The van der Waals surface area contributed by atoms with E-state index in [0.717, 1.165) is 16.8 Å². The molecule has 3 rings (SSSR count). The molecule has 0 heterocycles. The van der Waals surface area contributed by atoms with Crippen LogP contribution in [0.25, 0.3) is 0 Å². The average molecular weight is 406 g/mol. The molecule has 0 unspecified atom stereocenters. The summed E-state index contributed by atoms with van der Waals surface area (Å²) in [4.78, 5) is 25.4. The van der Waals surface area contributed by atoms with Crippen LogP contribution in [0, 0.1) is 17.0 Å². The van der Waals surface area contributed by atoms with Crippen LogP contribution in [0.4, 0.5) is 11.4 Å². The maximum atomic E-state index is 13.0. The monoisotopic (exact) mass is 406 g/mol. The summed E-state index contributed by atoms with van der Waals surface area (Å²) in [5.74, 6) is 0.0402. The first kappa shape index (κ1) is 20.9. The van der Waals surface area contributed by atoms with Gasteiger partial charge < -0.3 is 14.4 Å². The molecule has 0 N–H and O–H groups in total. The van der Waals surface area contributed by atoms with E-state index in [-0.39, 0.29) is 24.0 Å². The van der Waals surface area contributed by atoms with E-state index in [2.05, 4.69) is 0 Å². The third-order valence-electron chi connectivity index (χ3n) is 4.51. The Bertz CT molecular complexity index is 1040. The Kier molecular flexibility index (Phi) is 6.64. The highest BCUT2D eigenvalue weighted by molar-refractivity contribution is 5.94. The van der Waals surface area contributed by atoms with Gasteiger partial charge in [-0.2, -0.15) is 0 Å². The van der Waals surface area contributed by atoms with Gasteiger partial charge in [-0.25, -0.2) is 0 Å². The second-order valence-corrected chi connectivity index (χ2v) is 6.68. The Balaban J connectivity index is 1.82. The molecule has 0 saturated carbocycles. The molecular formula is C23H22N2O5. The molecule has 7 nitrogen and oxygen atoms in total. The number of hydrogen-bond donors (Lipinski definition) is 0. The lowest BCUT2D eigenvalue weighted by Crippen LogP contribution is -2.34. The van der Waals surface area contributed by atoms with Crippen molar-refractivity contribution < 1.29 is 19.2 Å².